The minimum atomic E-state index is 0.785. The summed E-state index contributed by atoms with van der Waals surface area (Å²) in [6.45, 7) is 12.2. The molecule has 0 aromatic heterocycles. The molecular formula is C18H37N3. The Morgan fingerprint density at radius 3 is 2.48 bits per heavy atom. The molecule has 0 amide bonds. The highest BCUT2D eigenvalue weighted by molar-refractivity contribution is 4.84. The summed E-state index contributed by atoms with van der Waals surface area (Å²) in [6, 6.07) is 0.857. The van der Waals surface area contributed by atoms with Gasteiger partial charge in [0.05, 0.1) is 0 Å². The van der Waals surface area contributed by atoms with Crippen LogP contribution in [-0.2, 0) is 0 Å². The Hall–Kier alpha value is -0.120. The van der Waals surface area contributed by atoms with Gasteiger partial charge in [0.25, 0.3) is 0 Å². The maximum atomic E-state index is 5.75. The summed E-state index contributed by atoms with van der Waals surface area (Å²) < 4.78 is 0. The van der Waals surface area contributed by atoms with Gasteiger partial charge in [0.1, 0.15) is 0 Å². The summed E-state index contributed by atoms with van der Waals surface area (Å²) >= 11 is 0. The number of hydrogen-bond donors (Lipinski definition) is 1. The first-order valence-electron chi connectivity index (χ1n) is 9.37. The van der Waals surface area contributed by atoms with Crippen LogP contribution in [0.1, 0.15) is 58.8 Å². The topological polar surface area (TPSA) is 32.5 Å². The fraction of sp³-hybridized carbons (Fsp3) is 1.00. The largest absolute Gasteiger partial charge is 0.330 e. The molecule has 2 atom stereocenters. The fourth-order valence-electron chi connectivity index (χ4n) is 4.20. The van der Waals surface area contributed by atoms with E-state index in [1.54, 1.807) is 0 Å². The first kappa shape index (κ1) is 17.2. The number of nitrogens with two attached hydrogens (primary N) is 1. The number of piperidine rings is 1. The summed E-state index contributed by atoms with van der Waals surface area (Å²) in [5.74, 6) is 1.61. The Morgan fingerprint density at radius 2 is 1.81 bits per heavy atom. The summed E-state index contributed by atoms with van der Waals surface area (Å²) in [6.07, 6.45) is 9.61. The molecule has 2 aliphatic rings. The van der Waals surface area contributed by atoms with Gasteiger partial charge in [-0.3, -0.25) is 4.90 Å². The molecule has 2 fully saturated rings. The van der Waals surface area contributed by atoms with Crippen LogP contribution >= 0.6 is 0 Å². The zero-order chi connectivity index (χ0) is 15.1. The molecule has 124 valence electrons. The second-order valence-electron chi connectivity index (χ2n) is 7.56. The molecule has 2 rings (SSSR count). The Bertz CT molecular complexity index is 274. The molecule has 2 aliphatic heterocycles. The van der Waals surface area contributed by atoms with Crippen molar-refractivity contribution in [2.75, 3.05) is 39.3 Å². The van der Waals surface area contributed by atoms with Gasteiger partial charge in [-0.15, -0.1) is 0 Å². The van der Waals surface area contributed by atoms with Gasteiger partial charge in [-0.1, -0.05) is 20.3 Å². The van der Waals surface area contributed by atoms with Gasteiger partial charge >= 0.3 is 0 Å². The molecule has 21 heavy (non-hydrogen) atoms. The maximum Gasteiger partial charge on any atom is 0.0235 e. The lowest BCUT2D eigenvalue weighted by Crippen LogP contribution is -2.40. The monoisotopic (exact) mass is 295 g/mol. The van der Waals surface area contributed by atoms with Crippen LogP contribution < -0.4 is 5.73 Å². The number of hydrogen-bond acceptors (Lipinski definition) is 3. The average molecular weight is 296 g/mol. The third-order valence-electron chi connectivity index (χ3n) is 5.68. The number of rotatable bonds is 8. The molecule has 0 aromatic rings. The molecule has 0 bridgehead atoms. The highest BCUT2D eigenvalue weighted by atomic mass is 15.3. The summed E-state index contributed by atoms with van der Waals surface area (Å²) in [5, 5.41) is 0. The van der Waals surface area contributed by atoms with E-state index in [-0.39, 0.29) is 0 Å². The molecule has 2 unspecified atom stereocenters. The molecule has 0 radical (unpaired) electrons. The van der Waals surface area contributed by atoms with Crippen LogP contribution in [0.15, 0.2) is 0 Å². The third kappa shape index (κ3) is 5.54. The second-order valence-corrected chi connectivity index (χ2v) is 7.56. The third-order valence-corrected chi connectivity index (χ3v) is 5.68. The summed E-state index contributed by atoms with van der Waals surface area (Å²) in [5.41, 5.74) is 5.75. The van der Waals surface area contributed by atoms with Crippen molar-refractivity contribution in [1.29, 1.82) is 0 Å². The van der Waals surface area contributed by atoms with Gasteiger partial charge in [0.15, 0.2) is 0 Å². The zero-order valence-corrected chi connectivity index (χ0v) is 14.4. The lowest BCUT2D eigenvalue weighted by atomic mass is 9.88. The molecule has 3 nitrogen and oxygen atoms in total. The predicted octanol–water partition coefficient (Wildman–Crippen LogP) is 2.95. The van der Waals surface area contributed by atoms with Gasteiger partial charge in [-0.2, -0.15) is 0 Å². The van der Waals surface area contributed by atoms with E-state index in [4.69, 9.17) is 5.73 Å². The van der Waals surface area contributed by atoms with Gasteiger partial charge in [-0.25, -0.2) is 0 Å². The van der Waals surface area contributed by atoms with Crippen molar-refractivity contribution < 1.29 is 0 Å². The molecule has 2 N–H and O–H groups in total. The molecule has 0 aliphatic carbocycles. The Morgan fingerprint density at radius 1 is 1.05 bits per heavy atom. The van der Waals surface area contributed by atoms with Crippen molar-refractivity contribution in [1.82, 2.24) is 9.80 Å². The maximum absolute atomic E-state index is 5.75. The highest BCUT2D eigenvalue weighted by Gasteiger charge is 2.28. The van der Waals surface area contributed by atoms with Crippen LogP contribution in [0.4, 0.5) is 0 Å². The molecule has 0 spiro atoms. The number of likely N-dealkylation sites (tertiary alicyclic amines) is 2. The Kier molecular flexibility index (Phi) is 7.48. The van der Waals surface area contributed by atoms with Crippen LogP contribution in [0.25, 0.3) is 0 Å². The van der Waals surface area contributed by atoms with E-state index in [2.05, 4.69) is 23.6 Å². The molecule has 3 heteroatoms. The van der Waals surface area contributed by atoms with Crippen LogP contribution in [0.5, 0.6) is 0 Å². The Balaban J connectivity index is 1.63. The van der Waals surface area contributed by atoms with Crippen molar-refractivity contribution >= 4 is 0 Å². The van der Waals surface area contributed by atoms with E-state index in [0.29, 0.717) is 0 Å². The normalized spacial score (nSPS) is 26.6. The van der Waals surface area contributed by atoms with E-state index in [0.717, 1.165) is 24.4 Å². The quantitative estimate of drug-likeness (QED) is 0.747. The van der Waals surface area contributed by atoms with Crippen LogP contribution in [-0.4, -0.2) is 55.1 Å². The van der Waals surface area contributed by atoms with E-state index >= 15 is 0 Å². The van der Waals surface area contributed by atoms with Gasteiger partial charge in [0, 0.05) is 12.6 Å². The van der Waals surface area contributed by atoms with E-state index < -0.39 is 0 Å². The van der Waals surface area contributed by atoms with Crippen LogP contribution in [0, 0.1) is 11.8 Å². The minimum absolute atomic E-state index is 0.785. The second kappa shape index (κ2) is 9.12. The van der Waals surface area contributed by atoms with Crippen molar-refractivity contribution in [2.45, 2.75) is 64.8 Å². The molecule has 2 saturated heterocycles. The average Bonchev–Trinajstić information content (AvgIpc) is 2.96. The van der Waals surface area contributed by atoms with E-state index in [1.165, 1.54) is 77.7 Å². The molecule has 0 aromatic carbocycles. The lowest BCUT2D eigenvalue weighted by molar-refractivity contribution is 0.161. The van der Waals surface area contributed by atoms with Gasteiger partial charge < -0.3 is 10.6 Å². The standard InChI is InChI=1S/C18H37N3/c1-16(2)17(8-10-19)7-6-11-20-14-9-18(15-20)21-12-4-3-5-13-21/h16-18H,3-15,19H2,1-2H3. The molecule has 0 saturated carbocycles. The van der Waals surface area contributed by atoms with Crippen LogP contribution in [0.3, 0.4) is 0 Å². The van der Waals surface area contributed by atoms with E-state index in [9.17, 15) is 0 Å². The van der Waals surface area contributed by atoms with E-state index in [1.807, 2.05) is 0 Å². The smallest absolute Gasteiger partial charge is 0.0235 e. The first-order valence-corrected chi connectivity index (χ1v) is 9.37. The van der Waals surface area contributed by atoms with Crippen molar-refractivity contribution in [3.63, 3.8) is 0 Å². The highest BCUT2D eigenvalue weighted by Crippen LogP contribution is 2.23. The SMILES string of the molecule is CC(C)C(CCN)CCCN1CCC(N2CCCCC2)C1. The first-order chi connectivity index (χ1) is 10.2. The summed E-state index contributed by atoms with van der Waals surface area (Å²) in [7, 11) is 0. The lowest BCUT2D eigenvalue weighted by Gasteiger charge is -2.32. The van der Waals surface area contributed by atoms with Crippen molar-refractivity contribution in [3.05, 3.63) is 0 Å². The minimum Gasteiger partial charge on any atom is -0.330 e. The van der Waals surface area contributed by atoms with Crippen LogP contribution in [0.2, 0.25) is 0 Å². The van der Waals surface area contributed by atoms with Gasteiger partial charge in [-0.05, 0) is 83.1 Å². The Labute approximate surface area is 132 Å². The summed E-state index contributed by atoms with van der Waals surface area (Å²) in [4.78, 5) is 5.47. The molecule has 2 heterocycles. The van der Waals surface area contributed by atoms with Crippen molar-refractivity contribution in [2.24, 2.45) is 17.6 Å². The number of nitrogens with zero attached hydrogens (tertiary/aromatic N) is 2. The molecular weight excluding hydrogens is 258 g/mol. The van der Waals surface area contributed by atoms with Gasteiger partial charge in [0.2, 0.25) is 0 Å². The zero-order valence-electron chi connectivity index (χ0n) is 14.4. The predicted molar refractivity (Wildman–Crippen MR) is 91.5 cm³/mol. The van der Waals surface area contributed by atoms with Crippen molar-refractivity contribution in [3.8, 4) is 0 Å². The fourth-order valence-corrected chi connectivity index (χ4v) is 4.20.